The minimum Gasteiger partial charge on any atom is -0.329 e. The third kappa shape index (κ3) is 2.14. The van der Waals surface area contributed by atoms with Crippen LogP contribution in [0, 0.1) is 0 Å². The lowest BCUT2D eigenvalue weighted by atomic mass is 9.98. The molecule has 0 aliphatic carbocycles. The first-order valence-electron chi connectivity index (χ1n) is 7.43. The van der Waals surface area contributed by atoms with Crippen molar-refractivity contribution >= 4 is 11.7 Å². The quantitative estimate of drug-likeness (QED) is 0.782. The molecule has 1 N–H and O–H groups in total. The molecule has 0 unspecified atom stereocenters. The van der Waals surface area contributed by atoms with Crippen LogP contribution in [0.25, 0.3) is 5.78 Å². The summed E-state index contributed by atoms with van der Waals surface area (Å²) in [6, 6.07) is 3.67. The van der Waals surface area contributed by atoms with Crippen molar-refractivity contribution in [2.75, 3.05) is 6.54 Å². The van der Waals surface area contributed by atoms with E-state index < -0.39 is 0 Å². The number of likely N-dealkylation sites (tertiary alicyclic amines) is 1. The van der Waals surface area contributed by atoms with Gasteiger partial charge in [0.1, 0.15) is 5.69 Å². The standard InChI is InChI=1S/C15H16N6O/c22-14(12-4-6-17-19-12)21-8-2-1-3-13(21)11-5-9-20-10-7-16-15(20)18-11/h4-7,9-10,13H,1-3,8H2,(H,17,19)/t13-/m0/s1. The van der Waals surface area contributed by atoms with E-state index in [4.69, 9.17) is 0 Å². The van der Waals surface area contributed by atoms with Gasteiger partial charge in [-0.2, -0.15) is 5.10 Å². The zero-order chi connectivity index (χ0) is 14.9. The fraction of sp³-hybridized carbons (Fsp3) is 0.333. The van der Waals surface area contributed by atoms with E-state index in [1.54, 1.807) is 18.5 Å². The maximum atomic E-state index is 12.7. The van der Waals surface area contributed by atoms with Gasteiger partial charge in [-0.05, 0) is 31.4 Å². The number of rotatable bonds is 2. The van der Waals surface area contributed by atoms with Crippen molar-refractivity contribution in [3.63, 3.8) is 0 Å². The Bertz CT molecular complexity index is 793. The fourth-order valence-corrected chi connectivity index (χ4v) is 3.01. The number of piperidine rings is 1. The molecule has 1 saturated heterocycles. The van der Waals surface area contributed by atoms with E-state index in [0.717, 1.165) is 31.5 Å². The van der Waals surface area contributed by atoms with Crippen LogP contribution in [0.2, 0.25) is 0 Å². The van der Waals surface area contributed by atoms with Gasteiger partial charge in [0.15, 0.2) is 0 Å². The van der Waals surface area contributed by atoms with Crippen LogP contribution in [-0.4, -0.2) is 41.9 Å². The summed E-state index contributed by atoms with van der Waals surface area (Å²) in [6.07, 6.45) is 10.2. The number of carbonyl (C=O) groups excluding carboxylic acids is 1. The van der Waals surface area contributed by atoms with E-state index >= 15 is 0 Å². The molecule has 0 radical (unpaired) electrons. The molecule has 22 heavy (non-hydrogen) atoms. The number of hydrogen-bond acceptors (Lipinski definition) is 4. The Hall–Kier alpha value is -2.70. The third-order valence-corrected chi connectivity index (χ3v) is 4.12. The van der Waals surface area contributed by atoms with Crippen LogP contribution in [0.5, 0.6) is 0 Å². The molecule has 3 aromatic heterocycles. The number of nitrogens with one attached hydrogen (secondary N) is 1. The van der Waals surface area contributed by atoms with Crippen LogP contribution < -0.4 is 0 Å². The monoisotopic (exact) mass is 296 g/mol. The molecule has 1 aliphatic rings. The number of imidazole rings is 1. The number of aromatic amines is 1. The van der Waals surface area contributed by atoms with Crippen molar-refractivity contribution in [3.05, 3.63) is 48.3 Å². The highest BCUT2D eigenvalue weighted by Crippen LogP contribution is 2.30. The molecule has 1 amide bonds. The second-order valence-electron chi connectivity index (χ2n) is 5.47. The Morgan fingerprint density at radius 1 is 1.23 bits per heavy atom. The summed E-state index contributed by atoms with van der Waals surface area (Å²) in [7, 11) is 0. The van der Waals surface area contributed by atoms with Gasteiger partial charge in [0.25, 0.3) is 5.91 Å². The summed E-state index contributed by atoms with van der Waals surface area (Å²) in [5, 5.41) is 6.62. The average Bonchev–Trinajstić information content (AvgIpc) is 3.24. The van der Waals surface area contributed by atoms with Gasteiger partial charge in [0.2, 0.25) is 5.78 Å². The maximum Gasteiger partial charge on any atom is 0.272 e. The summed E-state index contributed by atoms with van der Waals surface area (Å²) < 4.78 is 1.87. The number of nitrogens with zero attached hydrogens (tertiary/aromatic N) is 5. The van der Waals surface area contributed by atoms with Crippen LogP contribution in [0.4, 0.5) is 0 Å². The zero-order valence-corrected chi connectivity index (χ0v) is 12.0. The molecular weight excluding hydrogens is 280 g/mol. The van der Waals surface area contributed by atoms with Crippen LogP contribution in [0.3, 0.4) is 0 Å². The van der Waals surface area contributed by atoms with E-state index in [-0.39, 0.29) is 11.9 Å². The van der Waals surface area contributed by atoms with Gasteiger partial charge < -0.3 is 4.90 Å². The number of hydrogen-bond donors (Lipinski definition) is 1. The first-order chi connectivity index (χ1) is 10.8. The molecule has 0 bridgehead atoms. The number of amides is 1. The molecule has 112 valence electrons. The van der Waals surface area contributed by atoms with Gasteiger partial charge in [0.05, 0.1) is 11.7 Å². The van der Waals surface area contributed by atoms with Crippen LogP contribution in [0.1, 0.15) is 41.5 Å². The van der Waals surface area contributed by atoms with Crippen LogP contribution in [-0.2, 0) is 0 Å². The lowest BCUT2D eigenvalue weighted by Crippen LogP contribution is -2.39. The van der Waals surface area contributed by atoms with Gasteiger partial charge in [0, 0.05) is 31.3 Å². The Morgan fingerprint density at radius 2 is 2.18 bits per heavy atom. The molecule has 7 heteroatoms. The smallest absolute Gasteiger partial charge is 0.272 e. The Kier molecular flexibility index (Phi) is 3.10. The lowest BCUT2D eigenvalue weighted by molar-refractivity contribution is 0.0600. The van der Waals surface area contributed by atoms with Crippen molar-refractivity contribution in [1.29, 1.82) is 0 Å². The zero-order valence-electron chi connectivity index (χ0n) is 12.0. The summed E-state index contributed by atoms with van der Waals surface area (Å²) >= 11 is 0. The minimum atomic E-state index is -0.0211. The van der Waals surface area contributed by atoms with E-state index in [2.05, 4.69) is 20.2 Å². The molecule has 0 aromatic carbocycles. The van der Waals surface area contributed by atoms with Crippen LogP contribution in [0.15, 0.2) is 36.9 Å². The molecule has 0 saturated carbocycles. The first kappa shape index (κ1) is 13.0. The summed E-state index contributed by atoms with van der Waals surface area (Å²) in [4.78, 5) is 23.4. The molecule has 1 aliphatic heterocycles. The van der Waals surface area contributed by atoms with Gasteiger partial charge in [-0.3, -0.25) is 14.3 Å². The third-order valence-electron chi connectivity index (χ3n) is 4.12. The number of H-pyrrole nitrogens is 1. The van der Waals surface area contributed by atoms with Crippen LogP contribution >= 0.6 is 0 Å². The highest BCUT2D eigenvalue weighted by atomic mass is 16.2. The Morgan fingerprint density at radius 3 is 3.05 bits per heavy atom. The van der Waals surface area contributed by atoms with E-state index in [1.807, 2.05) is 27.8 Å². The predicted octanol–water partition coefficient (Wildman–Crippen LogP) is 1.82. The fourth-order valence-electron chi connectivity index (χ4n) is 3.01. The van der Waals surface area contributed by atoms with Crippen molar-refractivity contribution in [1.82, 2.24) is 29.5 Å². The van der Waals surface area contributed by atoms with Gasteiger partial charge in [-0.15, -0.1) is 0 Å². The van der Waals surface area contributed by atoms with Crippen molar-refractivity contribution < 1.29 is 4.79 Å². The maximum absolute atomic E-state index is 12.7. The minimum absolute atomic E-state index is 0.00810. The highest BCUT2D eigenvalue weighted by Gasteiger charge is 2.30. The van der Waals surface area contributed by atoms with Crippen molar-refractivity contribution in [2.24, 2.45) is 0 Å². The van der Waals surface area contributed by atoms with Crippen molar-refractivity contribution in [3.8, 4) is 0 Å². The highest BCUT2D eigenvalue weighted by molar-refractivity contribution is 5.92. The average molecular weight is 296 g/mol. The van der Waals surface area contributed by atoms with Gasteiger partial charge >= 0.3 is 0 Å². The SMILES string of the molecule is O=C(c1ccn[nH]1)N1CCCC[C@H]1c1ccn2ccnc2n1. The van der Waals surface area contributed by atoms with Gasteiger partial charge in [-0.25, -0.2) is 9.97 Å². The molecule has 1 fully saturated rings. The Labute approximate surface area is 127 Å². The summed E-state index contributed by atoms with van der Waals surface area (Å²) in [6.45, 7) is 0.740. The molecule has 4 rings (SSSR count). The summed E-state index contributed by atoms with van der Waals surface area (Å²) in [5.74, 6) is 0.643. The summed E-state index contributed by atoms with van der Waals surface area (Å²) in [5.41, 5.74) is 1.42. The number of carbonyl (C=O) groups is 1. The Balaban J connectivity index is 1.69. The van der Waals surface area contributed by atoms with Gasteiger partial charge in [-0.1, -0.05) is 0 Å². The largest absolute Gasteiger partial charge is 0.329 e. The number of fused-ring (bicyclic) bond motifs is 1. The second kappa shape index (κ2) is 5.25. The molecule has 0 spiro atoms. The molecule has 3 aromatic rings. The molecule has 4 heterocycles. The van der Waals surface area contributed by atoms with E-state index in [0.29, 0.717) is 11.5 Å². The number of aromatic nitrogens is 5. The normalized spacial score (nSPS) is 18.7. The first-order valence-corrected chi connectivity index (χ1v) is 7.43. The van der Waals surface area contributed by atoms with E-state index in [1.165, 1.54) is 0 Å². The van der Waals surface area contributed by atoms with Crippen molar-refractivity contribution in [2.45, 2.75) is 25.3 Å². The van der Waals surface area contributed by atoms with E-state index in [9.17, 15) is 4.79 Å². The topological polar surface area (TPSA) is 79.2 Å². The lowest BCUT2D eigenvalue weighted by Gasteiger charge is -2.35. The molecular formula is C15H16N6O. The molecule has 7 nitrogen and oxygen atoms in total. The molecule has 1 atom stereocenters. The predicted molar refractivity (Wildman–Crippen MR) is 79.2 cm³/mol. The second-order valence-corrected chi connectivity index (χ2v) is 5.47.